The molecular formula is C14H11ClF2O. The van der Waals surface area contributed by atoms with Gasteiger partial charge in [-0.25, -0.2) is 8.78 Å². The van der Waals surface area contributed by atoms with Crippen molar-refractivity contribution in [2.24, 2.45) is 0 Å². The maximum Gasteiger partial charge on any atom is 0.142 e. The third-order valence-corrected chi connectivity index (χ3v) is 3.06. The molecule has 0 aliphatic carbocycles. The third kappa shape index (κ3) is 2.52. The highest BCUT2D eigenvalue weighted by atomic mass is 35.5. The summed E-state index contributed by atoms with van der Waals surface area (Å²) in [6.07, 6.45) is -1.00. The first-order chi connectivity index (χ1) is 8.49. The van der Waals surface area contributed by atoms with Gasteiger partial charge in [0, 0.05) is 0 Å². The Morgan fingerprint density at radius 1 is 1.00 bits per heavy atom. The summed E-state index contributed by atoms with van der Waals surface area (Å²) in [5.74, 6) is -0.930. The number of aryl methyl sites for hydroxylation is 1. The van der Waals surface area contributed by atoms with E-state index in [2.05, 4.69) is 0 Å². The molecule has 1 unspecified atom stereocenters. The Balaban J connectivity index is 2.37. The van der Waals surface area contributed by atoms with Gasteiger partial charge in [0.1, 0.15) is 17.7 Å². The van der Waals surface area contributed by atoms with E-state index in [1.165, 1.54) is 36.4 Å². The number of aliphatic hydroxyl groups excluding tert-OH is 1. The molecule has 0 aromatic heterocycles. The number of benzene rings is 2. The monoisotopic (exact) mass is 268 g/mol. The first kappa shape index (κ1) is 13.0. The van der Waals surface area contributed by atoms with Crippen LogP contribution in [-0.2, 0) is 0 Å². The van der Waals surface area contributed by atoms with E-state index < -0.39 is 11.9 Å². The Hall–Kier alpha value is -1.45. The normalized spacial score (nSPS) is 12.5. The molecule has 1 atom stereocenters. The second-order valence-corrected chi connectivity index (χ2v) is 4.49. The van der Waals surface area contributed by atoms with Crippen molar-refractivity contribution in [1.29, 1.82) is 0 Å². The maximum atomic E-state index is 13.3. The van der Waals surface area contributed by atoms with Crippen LogP contribution in [0.3, 0.4) is 0 Å². The van der Waals surface area contributed by atoms with Gasteiger partial charge in [0.2, 0.25) is 0 Å². The highest BCUT2D eigenvalue weighted by molar-refractivity contribution is 6.30. The summed E-state index contributed by atoms with van der Waals surface area (Å²) in [4.78, 5) is 0. The first-order valence-corrected chi connectivity index (χ1v) is 5.76. The number of hydrogen-bond acceptors (Lipinski definition) is 1. The largest absolute Gasteiger partial charge is 0.384 e. The van der Waals surface area contributed by atoms with Crippen LogP contribution in [0.2, 0.25) is 5.02 Å². The van der Waals surface area contributed by atoms with Gasteiger partial charge in [-0.1, -0.05) is 29.8 Å². The summed E-state index contributed by atoms with van der Waals surface area (Å²) >= 11 is 5.57. The average Bonchev–Trinajstić information content (AvgIpc) is 2.35. The molecule has 0 aliphatic rings. The maximum absolute atomic E-state index is 13.3. The molecule has 94 valence electrons. The average molecular weight is 269 g/mol. The van der Waals surface area contributed by atoms with Gasteiger partial charge >= 0.3 is 0 Å². The minimum atomic E-state index is -1.00. The van der Waals surface area contributed by atoms with Gasteiger partial charge in [-0.2, -0.15) is 0 Å². The smallest absolute Gasteiger partial charge is 0.142 e. The van der Waals surface area contributed by atoms with Crippen LogP contribution < -0.4 is 0 Å². The molecular weight excluding hydrogens is 258 g/mol. The summed E-state index contributed by atoms with van der Waals surface area (Å²) in [5.41, 5.74) is 1.32. The quantitative estimate of drug-likeness (QED) is 0.873. The van der Waals surface area contributed by atoms with Crippen molar-refractivity contribution in [2.45, 2.75) is 13.0 Å². The predicted octanol–water partition coefficient (Wildman–Crippen LogP) is 4.01. The molecule has 0 amide bonds. The molecule has 0 aliphatic heterocycles. The lowest BCUT2D eigenvalue weighted by atomic mass is 10.00. The lowest BCUT2D eigenvalue weighted by Gasteiger charge is -2.13. The Morgan fingerprint density at radius 2 is 1.61 bits per heavy atom. The van der Waals surface area contributed by atoms with Crippen LogP contribution in [0, 0.1) is 18.6 Å². The van der Waals surface area contributed by atoms with Crippen molar-refractivity contribution in [3.05, 3.63) is 69.7 Å². The van der Waals surface area contributed by atoms with Crippen LogP contribution in [0.5, 0.6) is 0 Å². The van der Waals surface area contributed by atoms with Crippen LogP contribution in [-0.4, -0.2) is 5.11 Å². The van der Waals surface area contributed by atoms with Crippen molar-refractivity contribution in [1.82, 2.24) is 0 Å². The Labute approximate surface area is 109 Å². The molecule has 0 heterocycles. The van der Waals surface area contributed by atoms with Crippen molar-refractivity contribution in [3.63, 3.8) is 0 Å². The van der Waals surface area contributed by atoms with Gasteiger partial charge < -0.3 is 5.11 Å². The summed E-state index contributed by atoms with van der Waals surface area (Å²) in [7, 11) is 0. The first-order valence-electron chi connectivity index (χ1n) is 5.38. The summed E-state index contributed by atoms with van der Waals surface area (Å²) in [5, 5.41) is 10.1. The second kappa shape index (κ2) is 5.04. The Bertz CT molecular complexity index is 533. The van der Waals surface area contributed by atoms with Gasteiger partial charge in [0.25, 0.3) is 0 Å². The molecule has 2 rings (SSSR count). The minimum Gasteiger partial charge on any atom is -0.384 e. The van der Waals surface area contributed by atoms with Gasteiger partial charge in [-0.05, 0) is 41.8 Å². The SMILES string of the molecule is Cc1cc(C(O)c2ccc(Cl)c(F)c2)ccc1F. The Kier molecular flexibility index (Phi) is 3.64. The molecule has 2 aromatic carbocycles. The fraction of sp³-hybridized carbons (Fsp3) is 0.143. The number of halogens is 3. The molecule has 0 saturated heterocycles. The van der Waals surface area contributed by atoms with Gasteiger partial charge in [-0.15, -0.1) is 0 Å². The zero-order chi connectivity index (χ0) is 13.3. The van der Waals surface area contributed by atoms with E-state index >= 15 is 0 Å². The molecule has 0 fully saturated rings. The molecule has 0 radical (unpaired) electrons. The molecule has 0 spiro atoms. The highest BCUT2D eigenvalue weighted by Gasteiger charge is 2.13. The molecule has 2 aromatic rings. The van der Waals surface area contributed by atoms with Crippen LogP contribution in [0.15, 0.2) is 36.4 Å². The van der Waals surface area contributed by atoms with Gasteiger partial charge in [0.05, 0.1) is 5.02 Å². The van der Waals surface area contributed by atoms with Gasteiger partial charge in [0.15, 0.2) is 0 Å². The van der Waals surface area contributed by atoms with E-state index in [4.69, 9.17) is 11.6 Å². The third-order valence-electron chi connectivity index (χ3n) is 2.76. The molecule has 18 heavy (non-hydrogen) atoms. The summed E-state index contributed by atoms with van der Waals surface area (Å²) < 4.78 is 26.4. The molecule has 4 heteroatoms. The van der Waals surface area contributed by atoms with E-state index in [0.717, 1.165) is 0 Å². The molecule has 1 N–H and O–H groups in total. The van der Waals surface area contributed by atoms with Crippen LogP contribution >= 0.6 is 11.6 Å². The number of aliphatic hydroxyl groups is 1. The van der Waals surface area contributed by atoms with E-state index in [1.807, 2.05) is 0 Å². The zero-order valence-corrected chi connectivity index (χ0v) is 10.4. The number of hydrogen-bond donors (Lipinski definition) is 1. The van der Waals surface area contributed by atoms with Gasteiger partial charge in [-0.3, -0.25) is 0 Å². The topological polar surface area (TPSA) is 20.2 Å². The van der Waals surface area contributed by atoms with Crippen LogP contribution in [0.25, 0.3) is 0 Å². The van der Waals surface area contributed by atoms with Crippen LogP contribution in [0.1, 0.15) is 22.8 Å². The van der Waals surface area contributed by atoms with E-state index in [-0.39, 0.29) is 10.8 Å². The second-order valence-electron chi connectivity index (χ2n) is 4.08. The van der Waals surface area contributed by atoms with Crippen LogP contribution in [0.4, 0.5) is 8.78 Å². The Morgan fingerprint density at radius 3 is 2.22 bits per heavy atom. The minimum absolute atomic E-state index is 0.00115. The molecule has 0 saturated carbocycles. The van der Waals surface area contributed by atoms with Crippen molar-refractivity contribution in [2.75, 3.05) is 0 Å². The lowest BCUT2D eigenvalue weighted by Crippen LogP contribution is -2.01. The fourth-order valence-corrected chi connectivity index (χ4v) is 1.83. The number of rotatable bonds is 2. The van der Waals surface area contributed by atoms with Crippen molar-refractivity contribution < 1.29 is 13.9 Å². The highest BCUT2D eigenvalue weighted by Crippen LogP contribution is 2.26. The zero-order valence-electron chi connectivity index (χ0n) is 9.62. The lowest BCUT2D eigenvalue weighted by molar-refractivity contribution is 0.219. The van der Waals surface area contributed by atoms with Crippen molar-refractivity contribution in [3.8, 4) is 0 Å². The fourth-order valence-electron chi connectivity index (χ4n) is 1.71. The van der Waals surface area contributed by atoms with E-state index in [9.17, 15) is 13.9 Å². The van der Waals surface area contributed by atoms with E-state index in [0.29, 0.717) is 16.7 Å². The summed E-state index contributed by atoms with van der Waals surface area (Å²) in [6.45, 7) is 1.61. The molecule has 1 nitrogen and oxygen atoms in total. The predicted molar refractivity (Wildman–Crippen MR) is 66.6 cm³/mol. The standard InChI is InChI=1S/C14H11ClF2O/c1-8-6-9(3-5-12(8)16)14(18)10-2-4-11(15)13(17)7-10/h2-7,14,18H,1H3. The van der Waals surface area contributed by atoms with Crippen molar-refractivity contribution >= 4 is 11.6 Å². The summed E-state index contributed by atoms with van der Waals surface area (Å²) in [6, 6.07) is 8.37. The molecule has 0 bridgehead atoms. The van der Waals surface area contributed by atoms with E-state index in [1.54, 1.807) is 6.92 Å².